The van der Waals surface area contributed by atoms with Gasteiger partial charge >= 0.3 is 6.08 Å². The fourth-order valence-corrected chi connectivity index (χ4v) is 0.433. The van der Waals surface area contributed by atoms with E-state index in [2.05, 4.69) is 9.97 Å². The molecular weight excluding hydrogens is 121 g/mol. The minimum atomic E-state index is -0.780. The lowest BCUT2D eigenvalue weighted by molar-refractivity contribution is 0.539. The summed E-state index contributed by atoms with van der Waals surface area (Å²) >= 11 is 0. The first-order chi connectivity index (χ1) is 4.20. The molecule has 0 aliphatic heterocycles. The molecule has 0 fully saturated rings. The second kappa shape index (κ2) is 1.97. The topological polar surface area (TPSA) is 51.8 Å². The lowest BCUT2D eigenvalue weighted by Gasteiger charge is -1.93. The Kier molecular flexibility index (Phi) is 1.30. The number of rotatable bonds is 0. The number of aromatic nitrogens is 2. The number of hydrogen-bond donors (Lipinski definition) is 1. The van der Waals surface area contributed by atoms with Gasteiger partial charge in [0.1, 0.15) is 5.82 Å². The third kappa shape index (κ3) is 1.13. The van der Waals surface area contributed by atoms with Crippen LogP contribution in [-0.2, 0) is 0 Å². The maximum atomic E-state index is 12.0. The minimum absolute atomic E-state index is 0.197. The van der Waals surface area contributed by atoms with Crippen molar-refractivity contribution < 1.29 is 4.39 Å². The summed E-state index contributed by atoms with van der Waals surface area (Å²) in [5, 5.41) is 0. The summed E-state index contributed by atoms with van der Waals surface area (Å²) in [5.74, 6) is 0.197. The quantitative estimate of drug-likeness (QED) is 0.516. The van der Waals surface area contributed by atoms with Gasteiger partial charge in [0.2, 0.25) is 0 Å². The van der Waals surface area contributed by atoms with E-state index in [0.29, 0.717) is 5.56 Å². The Bertz CT molecular complexity index is 223. The molecule has 1 aromatic rings. The molecule has 1 heterocycles. The molecule has 0 atom stereocenters. The number of hydrogen-bond acceptors (Lipinski definition) is 3. The van der Waals surface area contributed by atoms with E-state index in [0.717, 1.165) is 0 Å². The van der Waals surface area contributed by atoms with Crippen molar-refractivity contribution in [1.29, 1.82) is 0 Å². The third-order valence-corrected chi connectivity index (χ3v) is 0.981. The minimum Gasteiger partial charge on any atom is -0.383 e. The lowest BCUT2D eigenvalue weighted by atomic mass is 10.4. The molecule has 0 unspecified atom stereocenters. The molecule has 9 heavy (non-hydrogen) atoms. The normalized spacial score (nSPS) is 9.56. The van der Waals surface area contributed by atoms with Gasteiger partial charge in [0.05, 0.1) is 0 Å². The van der Waals surface area contributed by atoms with E-state index in [1.807, 2.05) is 0 Å². The van der Waals surface area contributed by atoms with Crippen LogP contribution in [0.25, 0.3) is 0 Å². The summed E-state index contributed by atoms with van der Waals surface area (Å²) in [6.07, 6.45) is 0.565. The lowest BCUT2D eigenvalue weighted by Crippen LogP contribution is -1.97. The van der Waals surface area contributed by atoms with Gasteiger partial charge in [-0.15, -0.1) is 0 Å². The van der Waals surface area contributed by atoms with Gasteiger partial charge in [-0.25, -0.2) is 4.98 Å². The highest BCUT2D eigenvalue weighted by Gasteiger charge is 1.95. The van der Waals surface area contributed by atoms with Gasteiger partial charge in [0, 0.05) is 11.8 Å². The van der Waals surface area contributed by atoms with E-state index in [-0.39, 0.29) is 5.82 Å². The number of nitrogens with two attached hydrogens (primary N) is 1. The van der Waals surface area contributed by atoms with Crippen molar-refractivity contribution in [3.63, 3.8) is 0 Å². The van der Waals surface area contributed by atoms with Gasteiger partial charge < -0.3 is 5.73 Å². The van der Waals surface area contributed by atoms with Crippen molar-refractivity contribution in [3.05, 3.63) is 17.8 Å². The first-order valence-corrected chi connectivity index (χ1v) is 2.45. The van der Waals surface area contributed by atoms with Crippen LogP contribution in [0.1, 0.15) is 5.56 Å². The van der Waals surface area contributed by atoms with E-state index in [4.69, 9.17) is 5.73 Å². The van der Waals surface area contributed by atoms with Crippen molar-refractivity contribution in [3.8, 4) is 0 Å². The van der Waals surface area contributed by atoms with Crippen LogP contribution in [0.3, 0.4) is 0 Å². The van der Waals surface area contributed by atoms with Crippen molar-refractivity contribution in [2.45, 2.75) is 6.92 Å². The smallest absolute Gasteiger partial charge is 0.310 e. The molecule has 2 N–H and O–H groups in total. The van der Waals surface area contributed by atoms with Crippen molar-refractivity contribution >= 4 is 5.82 Å². The molecule has 0 saturated carbocycles. The van der Waals surface area contributed by atoms with E-state index in [1.165, 1.54) is 6.20 Å². The molecule has 3 nitrogen and oxygen atoms in total. The molecule has 0 aliphatic rings. The Hall–Kier alpha value is -1.19. The Morgan fingerprint density at radius 2 is 2.33 bits per heavy atom. The summed E-state index contributed by atoms with van der Waals surface area (Å²) in [4.78, 5) is 6.55. The zero-order valence-corrected chi connectivity index (χ0v) is 4.93. The monoisotopic (exact) mass is 127 g/mol. The summed E-state index contributed by atoms with van der Waals surface area (Å²) in [6, 6.07) is 0. The van der Waals surface area contributed by atoms with Crippen LogP contribution in [-0.4, -0.2) is 9.97 Å². The maximum Gasteiger partial charge on any atom is 0.310 e. The van der Waals surface area contributed by atoms with E-state index in [1.54, 1.807) is 6.92 Å². The molecule has 0 spiro atoms. The molecule has 48 valence electrons. The number of nitrogens with zero attached hydrogens (tertiary/aromatic N) is 2. The molecule has 0 radical (unpaired) electrons. The summed E-state index contributed by atoms with van der Waals surface area (Å²) in [6.45, 7) is 1.72. The largest absolute Gasteiger partial charge is 0.383 e. The fourth-order valence-electron chi connectivity index (χ4n) is 0.433. The molecule has 0 saturated heterocycles. The van der Waals surface area contributed by atoms with Crippen LogP contribution < -0.4 is 5.73 Å². The Morgan fingerprint density at radius 3 is 2.78 bits per heavy atom. The predicted molar refractivity (Wildman–Crippen MR) is 31.1 cm³/mol. The van der Waals surface area contributed by atoms with Crippen LogP contribution in [0, 0.1) is 13.0 Å². The van der Waals surface area contributed by atoms with Gasteiger partial charge in [-0.05, 0) is 6.92 Å². The molecule has 0 aromatic carbocycles. The van der Waals surface area contributed by atoms with E-state index < -0.39 is 6.08 Å². The van der Waals surface area contributed by atoms with Crippen LogP contribution in [0.5, 0.6) is 0 Å². The third-order valence-electron chi connectivity index (χ3n) is 0.981. The van der Waals surface area contributed by atoms with Crippen molar-refractivity contribution in [2.24, 2.45) is 0 Å². The molecule has 0 bridgehead atoms. The SMILES string of the molecule is Cc1cnc(F)nc1N. The van der Waals surface area contributed by atoms with Crippen molar-refractivity contribution in [1.82, 2.24) is 9.97 Å². The van der Waals surface area contributed by atoms with Crippen LogP contribution in [0.4, 0.5) is 10.2 Å². The van der Waals surface area contributed by atoms with Gasteiger partial charge in [0.25, 0.3) is 0 Å². The number of nitrogen functional groups attached to an aromatic ring is 1. The molecule has 0 aliphatic carbocycles. The van der Waals surface area contributed by atoms with Crippen LogP contribution in [0.2, 0.25) is 0 Å². The second-order valence-electron chi connectivity index (χ2n) is 1.71. The molecule has 4 heteroatoms. The number of aryl methyl sites for hydroxylation is 1. The molecule has 1 rings (SSSR count). The van der Waals surface area contributed by atoms with E-state index >= 15 is 0 Å². The maximum absolute atomic E-state index is 12.0. The van der Waals surface area contributed by atoms with Gasteiger partial charge in [-0.3, -0.25) is 0 Å². The summed E-state index contributed by atoms with van der Waals surface area (Å²) in [5.41, 5.74) is 5.92. The molecular formula is C5H6FN3. The predicted octanol–water partition coefficient (Wildman–Crippen LogP) is 0.506. The van der Waals surface area contributed by atoms with Gasteiger partial charge in [0.15, 0.2) is 0 Å². The van der Waals surface area contributed by atoms with Crippen LogP contribution >= 0.6 is 0 Å². The fraction of sp³-hybridized carbons (Fsp3) is 0.200. The molecule has 1 aromatic heterocycles. The van der Waals surface area contributed by atoms with Gasteiger partial charge in [-0.2, -0.15) is 9.37 Å². The van der Waals surface area contributed by atoms with Crippen LogP contribution in [0.15, 0.2) is 6.20 Å². The highest BCUT2D eigenvalue weighted by molar-refractivity contribution is 5.34. The highest BCUT2D eigenvalue weighted by Crippen LogP contribution is 2.02. The first kappa shape index (κ1) is 5.94. The number of halogens is 1. The van der Waals surface area contributed by atoms with Gasteiger partial charge in [-0.1, -0.05) is 0 Å². The summed E-state index contributed by atoms with van der Waals surface area (Å²) < 4.78 is 12.0. The van der Waals surface area contributed by atoms with Crippen molar-refractivity contribution in [2.75, 3.05) is 5.73 Å². The zero-order chi connectivity index (χ0) is 6.85. The summed E-state index contributed by atoms with van der Waals surface area (Å²) in [7, 11) is 0. The average molecular weight is 127 g/mol. The standard InChI is InChI=1S/C5H6FN3/c1-3-2-8-5(6)9-4(3)7/h2H,1H3,(H2,7,8,9). The Labute approximate surface area is 51.7 Å². The van der Waals surface area contributed by atoms with E-state index in [9.17, 15) is 4.39 Å². The Balaban J connectivity index is 3.17. The second-order valence-corrected chi connectivity index (χ2v) is 1.71. The highest BCUT2D eigenvalue weighted by atomic mass is 19.1. The zero-order valence-electron chi connectivity index (χ0n) is 4.93. The Morgan fingerprint density at radius 1 is 1.67 bits per heavy atom. The number of anilines is 1. The average Bonchev–Trinajstić information content (AvgIpc) is 1.80. The first-order valence-electron chi connectivity index (χ1n) is 2.45. The molecule has 0 amide bonds.